The number of rotatable bonds is 8. The van der Waals surface area contributed by atoms with E-state index < -0.39 is 0 Å². The summed E-state index contributed by atoms with van der Waals surface area (Å²) in [6.45, 7) is 5.61. The molecular weight excluding hydrogens is 342 g/mol. The maximum Gasteiger partial charge on any atom is 0.0244 e. The van der Waals surface area contributed by atoms with Gasteiger partial charge < -0.3 is 0 Å². The van der Waals surface area contributed by atoms with Crippen LogP contribution in [0.1, 0.15) is 31.7 Å². The van der Waals surface area contributed by atoms with E-state index in [1.807, 2.05) is 0 Å². The van der Waals surface area contributed by atoms with Crippen molar-refractivity contribution in [1.82, 2.24) is 4.90 Å². The van der Waals surface area contributed by atoms with Crippen LogP contribution in [-0.2, 0) is 6.54 Å². The van der Waals surface area contributed by atoms with Crippen molar-refractivity contribution in [2.24, 2.45) is 0 Å². The molecule has 17 heavy (non-hydrogen) atoms. The van der Waals surface area contributed by atoms with Crippen molar-refractivity contribution in [3.05, 3.63) is 34.3 Å². The summed E-state index contributed by atoms with van der Waals surface area (Å²) in [7, 11) is 0. The average molecular weight is 363 g/mol. The summed E-state index contributed by atoms with van der Waals surface area (Å²) in [5, 5.41) is 1.13. The van der Waals surface area contributed by atoms with Crippen LogP contribution in [0.3, 0.4) is 0 Å². The van der Waals surface area contributed by atoms with E-state index in [9.17, 15) is 0 Å². The van der Waals surface area contributed by atoms with Gasteiger partial charge >= 0.3 is 0 Å². The summed E-state index contributed by atoms with van der Waals surface area (Å²) in [6, 6.07) is 8.50. The molecule has 0 aliphatic carbocycles. The Morgan fingerprint density at radius 1 is 1.12 bits per heavy atom. The van der Waals surface area contributed by atoms with Gasteiger partial charge in [0.15, 0.2) is 0 Å². The van der Waals surface area contributed by atoms with Crippen molar-refractivity contribution in [2.75, 3.05) is 18.4 Å². The fourth-order valence-corrected chi connectivity index (χ4v) is 2.63. The number of benzene rings is 1. The summed E-state index contributed by atoms with van der Waals surface area (Å²) >= 11 is 7.09. The van der Waals surface area contributed by atoms with E-state index in [0.717, 1.165) is 18.4 Å². The first-order valence-electron chi connectivity index (χ1n) is 6.29. The van der Waals surface area contributed by atoms with Gasteiger partial charge in [0.25, 0.3) is 0 Å². The van der Waals surface area contributed by atoms with E-state index in [0.29, 0.717) is 0 Å². The van der Waals surface area contributed by atoms with E-state index in [2.05, 4.69) is 67.9 Å². The Bertz CT molecular complexity index is 315. The first-order chi connectivity index (χ1) is 8.27. The third-order valence-electron chi connectivity index (χ3n) is 2.91. The topological polar surface area (TPSA) is 3.24 Å². The standard InChI is InChI=1S/C14H21Br2N/c1-2-17(11-7-3-6-10-15)12-13-8-4-5-9-14(13)16/h4-5,8-9H,2-3,6-7,10-12H2,1H3. The number of hydrogen-bond acceptors (Lipinski definition) is 1. The highest BCUT2D eigenvalue weighted by atomic mass is 79.9. The average Bonchev–Trinajstić information content (AvgIpc) is 2.35. The lowest BCUT2D eigenvalue weighted by molar-refractivity contribution is 0.273. The van der Waals surface area contributed by atoms with Crippen LogP contribution in [0, 0.1) is 0 Å². The second-order valence-corrected chi connectivity index (χ2v) is 5.86. The molecule has 0 N–H and O–H groups in total. The zero-order valence-corrected chi connectivity index (χ0v) is 13.6. The molecule has 1 aromatic rings. The molecule has 0 amide bonds. The highest BCUT2D eigenvalue weighted by molar-refractivity contribution is 9.10. The number of hydrogen-bond donors (Lipinski definition) is 0. The van der Waals surface area contributed by atoms with Crippen LogP contribution in [0.2, 0.25) is 0 Å². The van der Waals surface area contributed by atoms with Crippen LogP contribution in [0.5, 0.6) is 0 Å². The van der Waals surface area contributed by atoms with Crippen molar-refractivity contribution in [3.8, 4) is 0 Å². The van der Waals surface area contributed by atoms with Gasteiger partial charge in [-0.05, 0) is 37.6 Å². The molecule has 0 radical (unpaired) electrons. The fourth-order valence-electron chi connectivity index (χ4n) is 1.82. The van der Waals surface area contributed by atoms with Gasteiger partial charge in [-0.25, -0.2) is 0 Å². The quantitative estimate of drug-likeness (QED) is 0.472. The Morgan fingerprint density at radius 2 is 1.88 bits per heavy atom. The normalized spacial score (nSPS) is 11.1. The lowest BCUT2D eigenvalue weighted by atomic mass is 10.2. The molecule has 1 rings (SSSR count). The van der Waals surface area contributed by atoms with Gasteiger partial charge in [0.2, 0.25) is 0 Å². The van der Waals surface area contributed by atoms with Crippen LogP contribution in [0.25, 0.3) is 0 Å². The molecule has 96 valence electrons. The second kappa shape index (κ2) is 9.12. The lowest BCUT2D eigenvalue weighted by Crippen LogP contribution is -2.24. The van der Waals surface area contributed by atoms with Crippen molar-refractivity contribution in [3.63, 3.8) is 0 Å². The Hall–Kier alpha value is 0.140. The monoisotopic (exact) mass is 361 g/mol. The molecule has 0 aliphatic heterocycles. The third kappa shape index (κ3) is 6.03. The van der Waals surface area contributed by atoms with Crippen LogP contribution >= 0.6 is 31.9 Å². The molecule has 0 unspecified atom stereocenters. The molecule has 0 saturated carbocycles. The lowest BCUT2D eigenvalue weighted by Gasteiger charge is -2.21. The van der Waals surface area contributed by atoms with Crippen LogP contribution in [-0.4, -0.2) is 23.3 Å². The highest BCUT2D eigenvalue weighted by Crippen LogP contribution is 2.18. The molecule has 0 aromatic heterocycles. The van der Waals surface area contributed by atoms with Crippen molar-refractivity contribution >= 4 is 31.9 Å². The van der Waals surface area contributed by atoms with Crippen LogP contribution in [0.15, 0.2) is 28.7 Å². The number of unbranched alkanes of at least 4 members (excludes halogenated alkanes) is 2. The highest BCUT2D eigenvalue weighted by Gasteiger charge is 2.05. The molecule has 0 bridgehead atoms. The van der Waals surface area contributed by atoms with Crippen molar-refractivity contribution in [2.45, 2.75) is 32.7 Å². The largest absolute Gasteiger partial charge is 0.299 e. The maximum atomic E-state index is 3.61. The maximum absolute atomic E-state index is 3.61. The summed E-state index contributed by atoms with van der Waals surface area (Å²) in [5.41, 5.74) is 1.38. The van der Waals surface area contributed by atoms with Gasteiger partial charge in [0, 0.05) is 16.3 Å². The molecule has 0 heterocycles. The summed E-state index contributed by atoms with van der Waals surface area (Å²) < 4.78 is 1.22. The first-order valence-corrected chi connectivity index (χ1v) is 8.21. The zero-order chi connectivity index (χ0) is 12.5. The van der Waals surface area contributed by atoms with E-state index in [4.69, 9.17) is 0 Å². The number of halogens is 2. The fraction of sp³-hybridized carbons (Fsp3) is 0.571. The SMILES string of the molecule is CCN(CCCCCBr)Cc1ccccc1Br. The van der Waals surface area contributed by atoms with Gasteiger partial charge in [-0.2, -0.15) is 0 Å². The second-order valence-electron chi connectivity index (χ2n) is 4.21. The summed E-state index contributed by atoms with van der Waals surface area (Å²) in [6.07, 6.45) is 3.90. The van der Waals surface area contributed by atoms with Gasteiger partial charge in [0.05, 0.1) is 0 Å². The Kier molecular flexibility index (Phi) is 8.15. The zero-order valence-electron chi connectivity index (χ0n) is 10.5. The Morgan fingerprint density at radius 3 is 2.53 bits per heavy atom. The van der Waals surface area contributed by atoms with Gasteiger partial charge in [-0.3, -0.25) is 4.90 Å². The summed E-state index contributed by atoms with van der Waals surface area (Å²) in [4.78, 5) is 2.51. The minimum absolute atomic E-state index is 1.05. The molecular formula is C14H21Br2N. The molecule has 0 atom stereocenters. The van der Waals surface area contributed by atoms with E-state index in [1.54, 1.807) is 0 Å². The smallest absolute Gasteiger partial charge is 0.0244 e. The van der Waals surface area contributed by atoms with Gasteiger partial charge in [0.1, 0.15) is 0 Å². The molecule has 1 aromatic carbocycles. The Labute approximate surface area is 122 Å². The first kappa shape index (κ1) is 15.2. The molecule has 0 fully saturated rings. The van der Waals surface area contributed by atoms with Gasteiger partial charge in [-0.15, -0.1) is 0 Å². The number of alkyl halides is 1. The molecule has 0 spiro atoms. The van der Waals surface area contributed by atoms with Crippen LogP contribution < -0.4 is 0 Å². The number of nitrogens with zero attached hydrogens (tertiary/aromatic N) is 1. The molecule has 0 aliphatic rings. The molecule has 3 heteroatoms. The molecule has 1 nitrogen and oxygen atoms in total. The minimum Gasteiger partial charge on any atom is -0.299 e. The summed E-state index contributed by atoms with van der Waals surface area (Å²) in [5.74, 6) is 0. The predicted octanol–water partition coefficient (Wildman–Crippen LogP) is 4.84. The Balaban J connectivity index is 2.38. The van der Waals surface area contributed by atoms with E-state index in [1.165, 1.54) is 35.8 Å². The van der Waals surface area contributed by atoms with Crippen molar-refractivity contribution in [1.29, 1.82) is 0 Å². The minimum atomic E-state index is 1.05. The molecule has 0 saturated heterocycles. The van der Waals surface area contributed by atoms with E-state index >= 15 is 0 Å². The van der Waals surface area contributed by atoms with Crippen LogP contribution in [0.4, 0.5) is 0 Å². The van der Waals surface area contributed by atoms with Crippen molar-refractivity contribution < 1.29 is 0 Å². The van der Waals surface area contributed by atoms with Gasteiger partial charge in [-0.1, -0.05) is 63.4 Å². The predicted molar refractivity (Wildman–Crippen MR) is 82.7 cm³/mol. The third-order valence-corrected chi connectivity index (χ3v) is 4.24. The van der Waals surface area contributed by atoms with E-state index in [-0.39, 0.29) is 0 Å².